The molecule has 1 fully saturated rings. The van der Waals surface area contributed by atoms with Crippen molar-refractivity contribution in [2.24, 2.45) is 0 Å². The summed E-state index contributed by atoms with van der Waals surface area (Å²) in [4.78, 5) is 11.2. The van der Waals surface area contributed by atoms with Crippen LogP contribution in [0.4, 0.5) is 0 Å². The Morgan fingerprint density at radius 3 is 2.67 bits per heavy atom. The summed E-state index contributed by atoms with van der Waals surface area (Å²) in [5.74, 6) is 1.07. The minimum atomic E-state index is -0.398. The van der Waals surface area contributed by atoms with Crippen LogP contribution in [0.25, 0.3) is 6.08 Å². The molecule has 1 spiro atoms. The molecular weight excluding hydrogens is 228 g/mol. The third-order valence-electron chi connectivity index (χ3n) is 4.17. The van der Waals surface area contributed by atoms with Crippen molar-refractivity contribution in [3.8, 4) is 11.5 Å². The van der Waals surface area contributed by atoms with Crippen LogP contribution in [-0.4, -0.2) is 17.0 Å². The Bertz CT molecular complexity index is 566. The van der Waals surface area contributed by atoms with E-state index in [9.17, 15) is 9.90 Å². The van der Waals surface area contributed by atoms with Crippen molar-refractivity contribution >= 4 is 12.4 Å². The number of carbonyl (C=O) groups is 1. The molecule has 1 aliphatic heterocycles. The third kappa shape index (κ3) is 1.33. The molecule has 3 rings (SSSR count). The average Bonchev–Trinajstić information content (AvgIpc) is 2.33. The van der Waals surface area contributed by atoms with Crippen LogP contribution in [0.15, 0.2) is 11.6 Å². The van der Waals surface area contributed by atoms with Gasteiger partial charge >= 0.3 is 0 Å². The highest BCUT2D eigenvalue weighted by atomic mass is 16.5. The number of phenols is 1. The highest BCUT2D eigenvalue weighted by Crippen LogP contribution is 2.48. The van der Waals surface area contributed by atoms with Gasteiger partial charge in [0.2, 0.25) is 0 Å². The van der Waals surface area contributed by atoms with Gasteiger partial charge in [-0.3, -0.25) is 4.79 Å². The summed E-state index contributed by atoms with van der Waals surface area (Å²) in [6, 6.07) is 1.86. The second-order valence-corrected chi connectivity index (χ2v) is 5.25. The van der Waals surface area contributed by atoms with Crippen LogP contribution >= 0.6 is 0 Å². The van der Waals surface area contributed by atoms with Gasteiger partial charge in [0.05, 0.1) is 0 Å². The topological polar surface area (TPSA) is 46.5 Å². The highest BCUT2D eigenvalue weighted by molar-refractivity contribution is 5.88. The fraction of sp³-hybridized carbons (Fsp3) is 0.400. The van der Waals surface area contributed by atoms with Gasteiger partial charge < -0.3 is 9.84 Å². The Hall–Kier alpha value is -1.77. The predicted molar refractivity (Wildman–Crippen MR) is 68.8 cm³/mol. The maximum Gasteiger partial charge on any atom is 0.150 e. The van der Waals surface area contributed by atoms with Gasteiger partial charge in [-0.25, -0.2) is 0 Å². The van der Waals surface area contributed by atoms with Crippen LogP contribution in [0, 0.1) is 13.8 Å². The molecule has 2 aliphatic rings. The molecule has 1 heterocycles. The third-order valence-corrected chi connectivity index (χ3v) is 4.17. The number of aldehydes is 1. The summed E-state index contributed by atoms with van der Waals surface area (Å²) in [6.45, 7) is 3.71. The molecule has 94 valence electrons. The zero-order valence-corrected chi connectivity index (χ0v) is 10.6. The molecule has 1 N–H and O–H groups in total. The fourth-order valence-corrected chi connectivity index (χ4v) is 2.80. The second kappa shape index (κ2) is 3.61. The van der Waals surface area contributed by atoms with Crippen molar-refractivity contribution in [1.29, 1.82) is 0 Å². The number of fused-ring (bicyclic) bond motifs is 1. The number of aryl methyl sites for hydroxylation is 1. The van der Waals surface area contributed by atoms with Gasteiger partial charge in [-0.15, -0.1) is 0 Å². The van der Waals surface area contributed by atoms with Gasteiger partial charge in [0.1, 0.15) is 23.4 Å². The molecule has 0 bridgehead atoms. The van der Waals surface area contributed by atoms with Crippen molar-refractivity contribution < 1.29 is 14.6 Å². The lowest BCUT2D eigenvalue weighted by molar-refractivity contribution is -0.107. The van der Waals surface area contributed by atoms with Gasteiger partial charge in [0, 0.05) is 16.7 Å². The summed E-state index contributed by atoms with van der Waals surface area (Å²) in [6.07, 6.45) is 5.65. The molecule has 1 aliphatic carbocycles. The molecule has 0 aromatic heterocycles. The Labute approximate surface area is 106 Å². The minimum absolute atomic E-state index is 0.281. The van der Waals surface area contributed by atoms with Crippen molar-refractivity contribution in [1.82, 2.24) is 0 Å². The summed E-state index contributed by atoms with van der Waals surface area (Å²) < 4.78 is 6.06. The van der Waals surface area contributed by atoms with Crippen molar-refractivity contribution in [2.45, 2.75) is 38.7 Å². The van der Waals surface area contributed by atoms with Gasteiger partial charge in [-0.2, -0.15) is 0 Å². The Morgan fingerprint density at radius 2 is 2.11 bits per heavy atom. The summed E-state index contributed by atoms with van der Waals surface area (Å²) in [5, 5.41) is 9.95. The molecule has 0 atom stereocenters. The van der Waals surface area contributed by atoms with Gasteiger partial charge in [-0.1, -0.05) is 0 Å². The van der Waals surface area contributed by atoms with Crippen molar-refractivity contribution in [2.75, 3.05) is 0 Å². The Balaban J connectivity index is 2.20. The maximum absolute atomic E-state index is 11.2. The van der Waals surface area contributed by atoms with Crippen LogP contribution in [0.2, 0.25) is 0 Å². The summed E-state index contributed by atoms with van der Waals surface area (Å²) >= 11 is 0. The highest BCUT2D eigenvalue weighted by Gasteiger charge is 2.45. The van der Waals surface area contributed by atoms with Crippen LogP contribution in [0.5, 0.6) is 11.5 Å². The van der Waals surface area contributed by atoms with Crippen LogP contribution in [0.1, 0.15) is 36.0 Å². The molecule has 1 aromatic carbocycles. The van der Waals surface area contributed by atoms with Crippen LogP contribution in [0.3, 0.4) is 0 Å². The predicted octanol–water partition coefficient (Wildman–Crippen LogP) is 2.91. The van der Waals surface area contributed by atoms with Crippen molar-refractivity contribution in [3.05, 3.63) is 28.3 Å². The molecule has 3 nitrogen and oxygen atoms in total. The van der Waals surface area contributed by atoms with E-state index in [1.807, 2.05) is 26.0 Å². The quantitative estimate of drug-likeness (QED) is 0.773. The van der Waals surface area contributed by atoms with Gasteiger partial charge in [0.15, 0.2) is 0 Å². The van der Waals surface area contributed by atoms with Crippen LogP contribution in [-0.2, 0) is 4.79 Å². The fourth-order valence-electron chi connectivity index (χ4n) is 2.80. The van der Waals surface area contributed by atoms with E-state index in [4.69, 9.17) is 4.74 Å². The number of carbonyl (C=O) groups excluding carboxylic acids is 1. The molecule has 1 saturated carbocycles. The molecule has 18 heavy (non-hydrogen) atoms. The lowest BCUT2D eigenvalue weighted by Gasteiger charge is -2.44. The first-order valence-electron chi connectivity index (χ1n) is 6.27. The number of aromatic hydroxyl groups is 1. The Kier molecular flexibility index (Phi) is 2.27. The van der Waals surface area contributed by atoms with E-state index >= 15 is 0 Å². The van der Waals surface area contributed by atoms with E-state index in [0.29, 0.717) is 5.57 Å². The van der Waals surface area contributed by atoms with E-state index in [0.717, 1.165) is 48.0 Å². The normalized spacial score (nSPS) is 19.6. The molecule has 0 saturated heterocycles. The molecule has 0 unspecified atom stereocenters. The van der Waals surface area contributed by atoms with Gasteiger partial charge in [0.25, 0.3) is 0 Å². The first kappa shape index (κ1) is 11.3. The van der Waals surface area contributed by atoms with E-state index in [2.05, 4.69) is 0 Å². The smallest absolute Gasteiger partial charge is 0.150 e. The van der Waals surface area contributed by atoms with E-state index in [1.54, 1.807) is 0 Å². The van der Waals surface area contributed by atoms with Crippen LogP contribution < -0.4 is 4.74 Å². The maximum atomic E-state index is 11.2. The molecule has 0 amide bonds. The summed E-state index contributed by atoms with van der Waals surface area (Å²) in [5.41, 5.74) is 2.72. The number of hydrogen-bond donors (Lipinski definition) is 1. The molecule has 0 radical (unpaired) electrons. The molecule has 1 aromatic rings. The largest absolute Gasteiger partial charge is 0.507 e. The van der Waals surface area contributed by atoms with Crippen molar-refractivity contribution in [3.63, 3.8) is 0 Å². The minimum Gasteiger partial charge on any atom is -0.507 e. The number of ether oxygens (including phenoxy) is 1. The lowest BCUT2D eigenvalue weighted by atomic mass is 9.73. The van der Waals surface area contributed by atoms with E-state index in [1.165, 1.54) is 0 Å². The standard InChI is InChI=1S/C15H16O3/c1-9-6-13-12(10(2)14(9)17)7-11(8-16)15(18-13)4-3-5-15/h6-8,17H,3-5H2,1-2H3. The number of phenolic OH excluding ortho intramolecular Hbond substituents is 1. The zero-order valence-electron chi connectivity index (χ0n) is 10.6. The SMILES string of the molecule is Cc1cc2c(c(C)c1O)C=C(C=O)C1(CCC1)O2. The summed E-state index contributed by atoms with van der Waals surface area (Å²) in [7, 11) is 0. The molecule has 3 heteroatoms. The average molecular weight is 244 g/mol. The molecular formula is C15H16O3. The van der Waals surface area contributed by atoms with E-state index in [-0.39, 0.29) is 5.75 Å². The number of rotatable bonds is 1. The number of benzene rings is 1. The second-order valence-electron chi connectivity index (χ2n) is 5.25. The van der Waals surface area contributed by atoms with Gasteiger partial charge in [-0.05, 0) is 50.8 Å². The first-order chi connectivity index (χ1) is 8.57. The van der Waals surface area contributed by atoms with E-state index < -0.39 is 5.60 Å². The monoisotopic (exact) mass is 244 g/mol. The lowest BCUT2D eigenvalue weighted by Crippen LogP contribution is -2.47. The Morgan fingerprint density at radius 1 is 1.39 bits per heavy atom. The first-order valence-corrected chi connectivity index (χ1v) is 6.27. The number of hydrogen-bond acceptors (Lipinski definition) is 3. The zero-order chi connectivity index (χ0) is 12.9.